The van der Waals surface area contributed by atoms with Gasteiger partial charge in [-0.1, -0.05) is 13.0 Å². The quantitative estimate of drug-likeness (QED) is 0.874. The van der Waals surface area contributed by atoms with Gasteiger partial charge in [-0.15, -0.1) is 0 Å². The lowest BCUT2D eigenvalue weighted by Gasteiger charge is -2.15. The summed E-state index contributed by atoms with van der Waals surface area (Å²) in [5.74, 6) is -0.00277. The predicted octanol–water partition coefficient (Wildman–Crippen LogP) is 2.01. The first-order valence-corrected chi connectivity index (χ1v) is 8.36. The van der Waals surface area contributed by atoms with Gasteiger partial charge in [0.1, 0.15) is 5.82 Å². The van der Waals surface area contributed by atoms with E-state index in [-0.39, 0.29) is 10.9 Å². The lowest BCUT2D eigenvalue weighted by atomic mass is 10.1. The van der Waals surface area contributed by atoms with E-state index >= 15 is 0 Å². The molecule has 0 radical (unpaired) electrons. The smallest absolute Gasteiger partial charge is 0.241 e. The molecule has 2 unspecified atom stereocenters. The molecule has 1 fully saturated rings. The highest BCUT2D eigenvalue weighted by atomic mass is 32.2. The van der Waals surface area contributed by atoms with E-state index in [0.29, 0.717) is 18.0 Å². The number of hydrogen-bond donors (Lipinski definition) is 2. The van der Waals surface area contributed by atoms with Crippen molar-refractivity contribution in [3.63, 3.8) is 0 Å². The molecule has 0 bridgehead atoms. The molecule has 0 heterocycles. The Hall–Kier alpha value is -0.980. The molecule has 20 heavy (non-hydrogen) atoms. The van der Waals surface area contributed by atoms with Gasteiger partial charge < -0.3 is 5.32 Å². The van der Waals surface area contributed by atoms with Crippen molar-refractivity contribution in [3.05, 3.63) is 29.6 Å². The lowest BCUT2D eigenvalue weighted by Crippen LogP contribution is -2.33. The van der Waals surface area contributed by atoms with Gasteiger partial charge in [-0.05, 0) is 49.9 Å². The zero-order valence-electron chi connectivity index (χ0n) is 11.8. The molecule has 112 valence electrons. The van der Waals surface area contributed by atoms with Crippen molar-refractivity contribution in [2.24, 2.45) is 5.92 Å². The average Bonchev–Trinajstić information content (AvgIpc) is 2.76. The van der Waals surface area contributed by atoms with Crippen molar-refractivity contribution in [3.8, 4) is 0 Å². The molecule has 0 amide bonds. The third-order valence-electron chi connectivity index (χ3n) is 3.70. The SMILES string of the molecule is CNCc1ccc(F)cc1S(=O)(=O)NC1CCC(C)C1. The van der Waals surface area contributed by atoms with Crippen molar-refractivity contribution in [2.45, 2.75) is 43.7 Å². The van der Waals surface area contributed by atoms with Crippen molar-refractivity contribution in [1.82, 2.24) is 10.0 Å². The van der Waals surface area contributed by atoms with Crippen LogP contribution in [0.3, 0.4) is 0 Å². The second-order valence-electron chi connectivity index (χ2n) is 5.52. The molecule has 0 saturated heterocycles. The Morgan fingerprint density at radius 2 is 2.10 bits per heavy atom. The Bertz CT molecular complexity index is 575. The summed E-state index contributed by atoms with van der Waals surface area (Å²) in [4.78, 5) is 0.0337. The van der Waals surface area contributed by atoms with Crippen LogP contribution >= 0.6 is 0 Å². The first-order chi connectivity index (χ1) is 9.42. The number of hydrogen-bond acceptors (Lipinski definition) is 3. The molecule has 1 saturated carbocycles. The molecule has 0 spiro atoms. The van der Waals surface area contributed by atoms with Crippen molar-refractivity contribution in [1.29, 1.82) is 0 Å². The second kappa shape index (κ2) is 6.20. The van der Waals surface area contributed by atoms with Gasteiger partial charge in [0, 0.05) is 12.6 Å². The molecule has 2 atom stereocenters. The zero-order chi connectivity index (χ0) is 14.8. The summed E-state index contributed by atoms with van der Waals surface area (Å²) in [5.41, 5.74) is 0.576. The van der Waals surface area contributed by atoms with Gasteiger partial charge in [-0.2, -0.15) is 0 Å². The standard InChI is InChI=1S/C14H21FN2O2S/c1-10-3-6-13(7-10)17-20(18,19)14-8-12(15)5-4-11(14)9-16-2/h4-5,8,10,13,16-17H,3,6-7,9H2,1-2H3. The van der Waals surface area contributed by atoms with Crippen molar-refractivity contribution >= 4 is 10.0 Å². The normalized spacial score (nSPS) is 23.1. The maximum Gasteiger partial charge on any atom is 0.241 e. The fraction of sp³-hybridized carbons (Fsp3) is 0.571. The topological polar surface area (TPSA) is 58.2 Å². The van der Waals surface area contributed by atoms with Crippen LogP contribution in [0.25, 0.3) is 0 Å². The Kier molecular flexibility index (Phi) is 4.78. The van der Waals surface area contributed by atoms with Crippen LogP contribution in [0.2, 0.25) is 0 Å². The molecule has 1 aliphatic rings. The molecule has 1 aromatic carbocycles. The zero-order valence-corrected chi connectivity index (χ0v) is 12.6. The average molecular weight is 300 g/mol. The summed E-state index contributed by atoms with van der Waals surface area (Å²) in [6.07, 6.45) is 2.71. The predicted molar refractivity (Wildman–Crippen MR) is 76.3 cm³/mol. The van der Waals surface area contributed by atoms with E-state index in [1.54, 1.807) is 7.05 Å². The Labute approximate surface area is 119 Å². The van der Waals surface area contributed by atoms with Gasteiger partial charge in [0.2, 0.25) is 10.0 Å². The molecule has 6 heteroatoms. The highest BCUT2D eigenvalue weighted by molar-refractivity contribution is 7.89. The summed E-state index contributed by atoms with van der Waals surface area (Å²) in [5, 5.41) is 2.90. The van der Waals surface area contributed by atoms with Crippen LogP contribution < -0.4 is 10.0 Å². The van der Waals surface area contributed by atoms with Gasteiger partial charge in [0.25, 0.3) is 0 Å². The minimum absolute atomic E-state index is 0.0337. The molecule has 0 aromatic heterocycles. The summed E-state index contributed by atoms with van der Waals surface area (Å²) < 4.78 is 41.0. The van der Waals surface area contributed by atoms with Crippen LogP contribution in [-0.4, -0.2) is 21.5 Å². The molecule has 4 nitrogen and oxygen atoms in total. The lowest BCUT2D eigenvalue weighted by molar-refractivity contribution is 0.535. The maximum absolute atomic E-state index is 13.4. The third-order valence-corrected chi connectivity index (χ3v) is 5.31. The number of nitrogens with one attached hydrogen (secondary N) is 2. The van der Waals surface area contributed by atoms with E-state index in [1.165, 1.54) is 12.1 Å². The van der Waals surface area contributed by atoms with E-state index in [9.17, 15) is 12.8 Å². The van der Waals surface area contributed by atoms with Gasteiger partial charge in [-0.3, -0.25) is 0 Å². The van der Waals surface area contributed by atoms with Crippen LogP contribution in [0.5, 0.6) is 0 Å². The minimum Gasteiger partial charge on any atom is -0.316 e. The van der Waals surface area contributed by atoms with Gasteiger partial charge in [0.05, 0.1) is 4.90 Å². The largest absolute Gasteiger partial charge is 0.316 e. The number of benzene rings is 1. The van der Waals surface area contributed by atoms with Gasteiger partial charge in [-0.25, -0.2) is 17.5 Å². The van der Waals surface area contributed by atoms with Gasteiger partial charge in [0.15, 0.2) is 0 Å². The van der Waals surface area contributed by atoms with Crippen LogP contribution in [0, 0.1) is 11.7 Å². The third kappa shape index (κ3) is 3.56. The Morgan fingerprint density at radius 3 is 2.70 bits per heavy atom. The summed E-state index contributed by atoms with van der Waals surface area (Å²) in [6.45, 7) is 2.50. The van der Waals surface area contributed by atoms with Crippen molar-refractivity contribution in [2.75, 3.05) is 7.05 Å². The molecule has 2 N–H and O–H groups in total. The Morgan fingerprint density at radius 1 is 1.35 bits per heavy atom. The van der Waals surface area contributed by atoms with Crippen LogP contribution in [0.1, 0.15) is 31.7 Å². The first-order valence-electron chi connectivity index (χ1n) is 6.87. The van der Waals surface area contributed by atoms with E-state index in [0.717, 1.165) is 25.3 Å². The van der Waals surface area contributed by atoms with Crippen LogP contribution in [0.15, 0.2) is 23.1 Å². The number of halogens is 1. The summed E-state index contributed by atoms with van der Waals surface area (Å²) in [6, 6.07) is 3.84. The van der Waals surface area contributed by atoms with Crippen LogP contribution in [-0.2, 0) is 16.6 Å². The molecule has 0 aliphatic heterocycles. The van der Waals surface area contributed by atoms with E-state index in [2.05, 4.69) is 17.0 Å². The van der Waals surface area contributed by atoms with E-state index in [4.69, 9.17) is 0 Å². The molecular formula is C14H21FN2O2S. The molecule has 1 aliphatic carbocycles. The number of sulfonamides is 1. The molecule has 1 aromatic rings. The highest BCUT2D eigenvalue weighted by Crippen LogP contribution is 2.27. The van der Waals surface area contributed by atoms with E-state index < -0.39 is 15.8 Å². The van der Waals surface area contributed by atoms with E-state index in [1.807, 2.05) is 0 Å². The minimum atomic E-state index is -3.67. The second-order valence-corrected chi connectivity index (χ2v) is 7.20. The summed E-state index contributed by atoms with van der Waals surface area (Å²) >= 11 is 0. The van der Waals surface area contributed by atoms with Crippen molar-refractivity contribution < 1.29 is 12.8 Å². The summed E-state index contributed by atoms with van der Waals surface area (Å²) in [7, 11) is -1.94. The highest BCUT2D eigenvalue weighted by Gasteiger charge is 2.27. The Balaban J connectivity index is 2.26. The van der Waals surface area contributed by atoms with Gasteiger partial charge >= 0.3 is 0 Å². The molecule has 2 rings (SSSR count). The fourth-order valence-electron chi connectivity index (χ4n) is 2.71. The molecular weight excluding hydrogens is 279 g/mol. The first kappa shape index (κ1) is 15.4. The van der Waals surface area contributed by atoms with Crippen LogP contribution in [0.4, 0.5) is 4.39 Å². The monoisotopic (exact) mass is 300 g/mol. The number of rotatable bonds is 5. The maximum atomic E-state index is 13.4. The fourth-order valence-corrected chi connectivity index (χ4v) is 4.25.